The van der Waals surface area contributed by atoms with E-state index in [0.717, 1.165) is 35.1 Å². The molecule has 2 aromatic heterocycles. The van der Waals surface area contributed by atoms with Gasteiger partial charge in [0.2, 0.25) is 5.91 Å². The molecular formula is C20H17N5O2. The molecule has 7 heteroatoms. The molecule has 1 aliphatic carbocycles. The van der Waals surface area contributed by atoms with Gasteiger partial charge in [0.25, 0.3) is 0 Å². The fourth-order valence-corrected chi connectivity index (χ4v) is 3.67. The van der Waals surface area contributed by atoms with Crippen molar-refractivity contribution in [2.45, 2.75) is 25.7 Å². The number of hydrogen-bond acceptors (Lipinski definition) is 5. The van der Waals surface area contributed by atoms with Crippen molar-refractivity contribution >= 4 is 22.6 Å². The van der Waals surface area contributed by atoms with Gasteiger partial charge in [0.1, 0.15) is 11.9 Å². The fourth-order valence-electron chi connectivity index (χ4n) is 3.67. The van der Waals surface area contributed by atoms with E-state index < -0.39 is 0 Å². The van der Waals surface area contributed by atoms with Crippen molar-refractivity contribution < 1.29 is 9.21 Å². The summed E-state index contributed by atoms with van der Waals surface area (Å²) in [7, 11) is 0. The van der Waals surface area contributed by atoms with Crippen molar-refractivity contribution in [2.75, 3.05) is 5.32 Å². The molecule has 0 unspecified atom stereocenters. The number of amides is 1. The zero-order valence-corrected chi connectivity index (χ0v) is 14.6. The van der Waals surface area contributed by atoms with E-state index in [9.17, 15) is 4.79 Å². The van der Waals surface area contributed by atoms with Crippen molar-refractivity contribution in [3.63, 3.8) is 0 Å². The molecule has 0 saturated carbocycles. The molecule has 0 saturated heterocycles. The summed E-state index contributed by atoms with van der Waals surface area (Å²) < 4.78 is 7.23. The first-order valence-electron chi connectivity index (χ1n) is 8.91. The minimum atomic E-state index is -0.0907. The molecule has 0 aliphatic heterocycles. The van der Waals surface area contributed by atoms with Crippen molar-refractivity contribution in [1.29, 1.82) is 0 Å². The smallest absolute Gasteiger partial charge is 0.228 e. The Balaban J connectivity index is 1.35. The largest absolute Gasteiger partial charge is 0.464 e. The number of anilines is 1. The minimum absolute atomic E-state index is 0.0907. The van der Waals surface area contributed by atoms with Crippen LogP contribution in [-0.4, -0.2) is 26.1 Å². The molecule has 2 heterocycles. The van der Waals surface area contributed by atoms with E-state index in [4.69, 9.17) is 4.42 Å². The molecular weight excluding hydrogens is 342 g/mol. The highest BCUT2D eigenvalue weighted by Gasteiger charge is 2.17. The molecule has 7 nitrogen and oxygen atoms in total. The average Bonchev–Trinajstić information content (AvgIpc) is 3.41. The topological polar surface area (TPSA) is 85.8 Å². The Morgan fingerprint density at radius 2 is 2.07 bits per heavy atom. The summed E-state index contributed by atoms with van der Waals surface area (Å²) in [5.74, 6) is -0.0907. The van der Waals surface area contributed by atoms with E-state index >= 15 is 0 Å². The Bertz CT molecular complexity index is 1130. The van der Waals surface area contributed by atoms with Crippen molar-refractivity contribution in [3.8, 4) is 5.69 Å². The van der Waals surface area contributed by atoms with E-state index in [-0.39, 0.29) is 12.3 Å². The van der Waals surface area contributed by atoms with Gasteiger partial charge in [-0.3, -0.25) is 4.79 Å². The van der Waals surface area contributed by atoms with Gasteiger partial charge in [-0.25, -0.2) is 4.68 Å². The first kappa shape index (κ1) is 15.7. The van der Waals surface area contributed by atoms with E-state index in [1.807, 2.05) is 24.3 Å². The third-order valence-corrected chi connectivity index (χ3v) is 4.96. The lowest BCUT2D eigenvalue weighted by Gasteiger charge is -2.07. The summed E-state index contributed by atoms with van der Waals surface area (Å²) in [5, 5.41) is 15.1. The molecule has 1 amide bonds. The lowest BCUT2D eigenvalue weighted by atomic mass is 10.0. The second-order valence-corrected chi connectivity index (χ2v) is 6.76. The Morgan fingerprint density at radius 1 is 1.19 bits per heavy atom. The molecule has 0 atom stereocenters. The summed E-state index contributed by atoms with van der Waals surface area (Å²) in [4.78, 5) is 12.6. The van der Waals surface area contributed by atoms with Gasteiger partial charge in [0.15, 0.2) is 0 Å². The van der Waals surface area contributed by atoms with Crippen molar-refractivity contribution in [2.24, 2.45) is 0 Å². The average molecular weight is 359 g/mol. The number of nitrogens with zero attached hydrogens (tertiary/aromatic N) is 4. The highest BCUT2D eigenvalue weighted by atomic mass is 16.3. The maximum Gasteiger partial charge on any atom is 0.228 e. The molecule has 27 heavy (non-hydrogen) atoms. The van der Waals surface area contributed by atoms with E-state index in [1.165, 1.54) is 23.9 Å². The zero-order chi connectivity index (χ0) is 18.2. The quantitative estimate of drug-likeness (QED) is 0.605. The molecule has 0 radical (unpaired) electrons. The van der Waals surface area contributed by atoms with Crippen LogP contribution in [0.2, 0.25) is 0 Å². The molecule has 2 aromatic carbocycles. The van der Waals surface area contributed by atoms with Gasteiger partial charge in [-0.05, 0) is 71.1 Å². The van der Waals surface area contributed by atoms with Crippen LogP contribution in [0.25, 0.3) is 16.7 Å². The maximum absolute atomic E-state index is 12.6. The van der Waals surface area contributed by atoms with Gasteiger partial charge in [-0.2, -0.15) is 0 Å². The number of carbonyl (C=O) groups is 1. The second kappa shape index (κ2) is 6.35. The summed E-state index contributed by atoms with van der Waals surface area (Å²) in [6.45, 7) is 0. The van der Waals surface area contributed by atoms with Crippen LogP contribution in [0.15, 0.2) is 53.4 Å². The number of hydrogen-bond donors (Lipinski definition) is 1. The Labute approximate surface area is 155 Å². The summed E-state index contributed by atoms with van der Waals surface area (Å²) in [6.07, 6.45) is 6.87. The van der Waals surface area contributed by atoms with Crippen LogP contribution < -0.4 is 5.32 Å². The normalized spacial score (nSPS) is 13.0. The fraction of sp³-hybridized carbons (Fsp3) is 0.200. The Hall–Kier alpha value is -3.48. The lowest BCUT2D eigenvalue weighted by molar-refractivity contribution is -0.115. The SMILES string of the molecule is O=C(Cc1coc2cc3c(cc12)CCC3)Nc1cccc(-n2cnnn2)c1. The van der Waals surface area contributed by atoms with Gasteiger partial charge < -0.3 is 9.73 Å². The van der Waals surface area contributed by atoms with Gasteiger partial charge in [0, 0.05) is 16.6 Å². The van der Waals surface area contributed by atoms with Gasteiger partial charge in [0.05, 0.1) is 18.4 Å². The lowest BCUT2D eigenvalue weighted by Crippen LogP contribution is -2.14. The van der Waals surface area contributed by atoms with E-state index in [0.29, 0.717) is 5.69 Å². The van der Waals surface area contributed by atoms with Gasteiger partial charge >= 0.3 is 0 Å². The minimum Gasteiger partial charge on any atom is -0.464 e. The third kappa shape index (κ3) is 2.97. The number of carbonyl (C=O) groups excluding carboxylic acids is 1. The molecule has 1 N–H and O–H groups in total. The summed E-state index contributed by atoms with van der Waals surface area (Å²) in [5.41, 5.74) is 5.99. The number of aryl methyl sites for hydroxylation is 2. The van der Waals surface area contributed by atoms with Crippen LogP contribution in [0.4, 0.5) is 5.69 Å². The number of rotatable bonds is 4. The maximum atomic E-state index is 12.6. The van der Waals surface area contributed by atoms with E-state index in [2.05, 4.69) is 33.0 Å². The second-order valence-electron chi connectivity index (χ2n) is 6.76. The zero-order valence-electron chi connectivity index (χ0n) is 14.6. The number of benzene rings is 2. The van der Waals surface area contributed by atoms with Crippen LogP contribution in [0.1, 0.15) is 23.1 Å². The molecule has 134 valence electrons. The van der Waals surface area contributed by atoms with Crippen molar-refractivity contribution in [3.05, 3.63) is 65.7 Å². The summed E-state index contributed by atoms with van der Waals surface area (Å²) >= 11 is 0. The third-order valence-electron chi connectivity index (χ3n) is 4.96. The predicted molar refractivity (Wildman–Crippen MR) is 99.7 cm³/mol. The first-order valence-corrected chi connectivity index (χ1v) is 8.91. The number of aromatic nitrogens is 4. The number of tetrazole rings is 1. The predicted octanol–water partition coefficient (Wildman–Crippen LogP) is 3.08. The molecule has 0 bridgehead atoms. The number of nitrogens with one attached hydrogen (secondary N) is 1. The van der Waals surface area contributed by atoms with Crippen LogP contribution >= 0.6 is 0 Å². The molecule has 1 aliphatic rings. The first-order chi connectivity index (χ1) is 13.3. The highest BCUT2D eigenvalue weighted by molar-refractivity contribution is 5.95. The summed E-state index contributed by atoms with van der Waals surface area (Å²) in [6, 6.07) is 11.7. The Kier molecular flexibility index (Phi) is 3.71. The van der Waals surface area contributed by atoms with Crippen molar-refractivity contribution in [1.82, 2.24) is 20.2 Å². The highest BCUT2D eigenvalue weighted by Crippen LogP contribution is 2.30. The van der Waals surface area contributed by atoms with Gasteiger partial charge in [-0.15, -0.1) is 5.10 Å². The van der Waals surface area contributed by atoms with Crippen LogP contribution in [0, 0.1) is 0 Å². The van der Waals surface area contributed by atoms with Crippen LogP contribution in [0.3, 0.4) is 0 Å². The van der Waals surface area contributed by atoms with Gasteiger partial charge in [-0.1, -0.05) is 6.07 Å². The molecule has 0 fully saturated rings. The van der Waals surface area contributed by atoms with Crippen LogP contribution in [-0.2, 0) is 24.1 Å². The molecule has 5 rings (SSSR count). The Morgan fingerprint density at radius 3 is 2.93 bits per heavy atom. The molecule has 4 aromatic rings. The standard InChI is InChI=1S/C20H17N5O2/c26-20(22-16-5-2-6-17(10-16)25-12-21-23-24-25)9-15-11-27-19-8-14-4-1-3-13(14)7-18(15)19/h2,5-8,10-12H,1,3-4,9H2,(H,22,26). The molecule has 0 spiro atoms. The number of fused-ring (bicyclic) bond motifs is 2. The van der Waals surface area contributed by atoms with E-state index in [1.54, 1.807) is 10.9 Å². The van der Waals surface area contributed by atoms with Crippen LogP contribution in [0.5, 0.6) is 0 Å². The number of furan rings is 1. The monoisotopic (exact) mass is 359 g/mol.